The number of carbonyl (C=O) groups is 3. The van der Waals surface area contributed by atoms with Gasteiger partial charge in [-0.3, -0.25) is 9.59 Å². The van der Waals surface area contributed by atoms with Crippen LogP contribution in [-0.4, -0.2) is 31.3 Å². The maximum absolute atomic E-state index is 11.9. The molecule has 0 aromatic carbocycles. The van der Waals surface area contributed by atoms with Crippen molar-refractivity contribution in [3.63, 3.8) is 0 Å². The second kappa shape index (κ2) is 36.9. The summed E-state index contributed by atoms with van der Waals surface area (Å²) in [5.41, 5.74) is 0. The van der Waals surface area contributed by atoms with Gasteiger partial charge >= 0.3 is 18.1 Å². The second-order valence-electron chi connectivity index (χ2n) is 13.2. The van der Waals surface area contributed by atoms with Crippen molar-refractivity contribution in [2.75, 3.05) is 13.2 Å². The average molecular weight is 639 g/mol. The van der Waals surface area contributed by atoms with Crippen molar-refractivity contribution in [3.05, 3.63) is 0 Å². The van der Waals surface area contributed by atoms with E-state index in [1.54, 1.807) is 0 Å². The predicted molar refractivity (Wildman–Crippen MR) is 187 cm³/mol. The molecule has 0 aromatic rings. The van der Waals surface area contributed by atoms with Gasteiger partial charge in [0.25, 0.3) is 0 Å². The minimum atomic E-state index is -1.01. The van der Waals surface area contributed by atoms with Crippen LogP contribution in [0.2, 0.25) is 0 Å². The van der Waals surface area contributed by atoms with E-state index in [4.69, 9.17) is 14.2 Å². The lowest BCUT2D eigenvalue weighted by Crippen LogP contribution is -2.17. The van der Waals surface area contributed by atoms with Crippen LogP contribution >= 0.6 is 0 Å². The third-order valence-electron chi connectivity index (χ3n) is 8.73. The number of esters is 2. The van der Waals surface area contributed by atoms with Gasteiger partial charge in [0.15, 0.2) is 0 Å². The van der Waals surface area contributed by atoms with E-state index in [2.05, 4.69) is 13.8 Å². The monoisotopic (exact) mass is 639 g/mol. The molecule has 0 N–H and O–H groups in total. The van der Waals surface area contributed by atoms with E-state index >= 15 is 0 Å². The Balaban J connectivity index is 3.37. The zero-order valence-electron chi connectivity index (χ0n) is 30.0. The van der Waals surface area contributed by atoms with Gasteiger partial charge in [0.1, 0.15) is 13.2 Å². The maximum atomic E-state index is 11.9. The number of hydrogen-bond acceptors (Lipinski definition) is 6. The predicted octanol–water partition coefficient (Wildman–Crippen LogP) is 12.7. The first-order valence-corrected chi connectivity index (χ1v) is 19.6. The first-order valence-electron chi connectivity index (χ1n) is 19.6. The Labute approximate surface area is 278 Å². The summed E-state index contributed by atoms with van der Waals surface area (Å²) in [6, 6.07) is 0. The Morgan fingerprint density at radius 1 is 0.333 bits per heavy atom. The smallest absolute Gasteiger partial charge is 0.462 e. The number of unbranched alkanes of at least 4 members (excludes halogenated alkanes) is 28. The van der Waals surface area contributed by atoms with Crippen LogP contribution in [0, 0.1) is 0 Å². The number of carbonyl (C=O) groups excluding carboxylic acids is 3. The molecule has 6 nitrogen and oxygen atoms in total. The molecule has 0 bridgehead atoms. The van der Waals surface area contributed by atoms with Gasteiger partial charge < -0.3 is 14.2 Å². The molecule has 0 saturated heterocycles. The third kappa shape index (κ3) is 36.8. The first kappa shape index (κ1) is 43.4. The maximum Gasteiger partial charge on any atom is 0.516 e. The number of hydrogen-bond donors (Lipinski definition) is 0. The van der Waals surface area contributed by atoms with Crippen molar-refractivity contribution in [1.82, 2.24) is 0 Å². The van der Waals surface area contributed by atoms with Gasteiger partial charge in [-0.2, -0.15) is 0 Å². The Morgan fingerprint density at radius 2 is 0.600 bits per heavy atom. The highest BCUT2D eigenvalue weighted by atomic mass is 16.7. The van der Waals surface area contributed by atoms with E-state index in [0.29, 0.717) is 6.42 Å². The van der Waals surface area contributed by atoms with Crippen LogP contribution in [0.1, 0.15) is 219 Å². The van der Waals surface area contributed by atoms with Gasteiger partial charge in [-0.25, -0.2) is 4.79 Å². The standard InChI is InChI=1S/C39H74O6/c1-3-5-7-9-11-13-15-17-19-21-23-25-27-29-31-33-37(40)43-35-36-44-39(42)45-38(41)34-32-30-28-26-24-22-20-18-16-14-12-10-8-6-4-2/h3-36H2,1-2H3. The molecule has 0 aliphatic carbocycles. The van der Waals surface area contributed by atoms with Crippen molar-refractivity contribution < 1.29 is 28.6 Å². The van der Waals surface area contributed by atoms with E-state index in [9.17, 15) is 14.4 Å². The highest BCUT2D eigenvalue weighted by Crippen LogP contribution is 2.15. The summed E-state index contributed by atoms with van der Waals surface area (Å²) in [4.78, 5) is 35.4. The second-order valence-corrected chi connectivity index (χ2v) is 13.2. The summed E-state index contributed by atoms with van der Waals surface area (Å²) in [6.07, 6.45) is 37.8. The zero-order valence-corrected chi connectivity index (χ0v) is 30.0. The van der Waals surface area contributed by atoms with Gasteiger partial charge in [0.2, 0.25) is 0 Å². The molecule has 0 aliphatic heterocycles. The molecule has 0 atom stereocenters. The normalized spacial score (nSPS) is 11.1. The third-order valence-corrected chi connectivity index (χ3v) is 8.73. The molecule has 0 spiro atoms. The molecule has 0 unspecified atom stereocenters. The SMILES string of the molecule is CCCCCCCCCCCCCCCCCC(=O)OCCOC(=O)OC(=O)CCCCCCCCCCCCCCCCC. The Bertz CT molecular complexity index is 649. The molecule has 6 heteroatoms. The highest BCUT2D eigenvalue weighted by Gasteiger charge is 2.12. The minimum absolute atomic E-state index is 0.0140. The molecule has 0 fully saturated rings. The van der Waals surface area contributed by atoms with Crippen molar-refractivity contribution in [1.29, 1.82) is 0 Å². The van der Waals surface area contributed by atoms with Crippen LogP contribution in [0.3, 0.4) is 0 Å². The Morgan fingerprint density at radius 3 is 0.933 bits per heavy atom. The summed E-state index contributed by atoms with van der Waals surface area (Å²) in [7, 11) is 0. The molecule has 0 radical (unpaired) electrons. The lowest BCUT2D eigenvalue weighted by Gasteiger charge is -2.07. The van der Waals surface area contributed by atoms with E-state index < -0.39 is 12.1 Å². The number of rotatable bonds is 35. The van der Waals surface area contributed by atoms with Crippen molar-refractivity contribution >= 4 is 18.1 Å². The quantitative estimate of drug-likeness (QED) is 0.0390. The van der Waals surface area contributed by atoms with Gasteiger partial charge in [0.05, 0.1) is 0 Å². The molecular formula is C39H74O6. The van der Waals surface area contributed by atoms with Crippen LogP contribution in [0.25, 0.3) is 0 Å². The summed E-state index contributed by atoms with van der Waals surface area (Å²) in [6.45, 7) is 4.41. The average Bonchev–Trinajstić information content (AvgIpc) is 3.03. The van der Waals surface area contributed by atoms with Crippen LogP contribution in [0.5, 0.6) is 0 Å². The summed E-state index contributed by atoms with van der Waals surface area (Å²) < 4.78 is 14.7. The van der Waals surface area contributed by atoms with Crippen molar-refractivity contribution in [2.45, 2.75) is 219 Å². The molecule has 0 saturated carbocycles. The van der Waals surface area contributed by atoms with Crippen LogP contribution in [-0.2, 0) is 23.8 Å². The van der Waals surface area contributed by atoms with Crippen LogP contribution in [0.15, 0.2) is 0 Å². The number of ether oxygens (including phenoxy) is 3. The van der Waals surface area contributed by atoms with Gasteiger partial charge in [-0.1, -0.05) is 194 Å². The molecule has 0 aromatic heterocycles. The topological polar surface area (TPSA) is 78.9 Å². The molecule has 266 valence electrons. The molecule has 45 heavy (non-hydrogen) atoms. The molecule has 0 rings (SSSR count). The highest BCUT2D eigenvalue weighted by molar-refractivity contribution is 5.81. The first-order chi connectivity index (χ1) is 22.1. The molecule has 0 amide bonds. The lowest BCUT2D eigenvalue weighted by molar-refractivity contribution is -0.146. The van der Waals surface area contributed by atoms with E-state index in [0.717, 1.165) is 38.5 Å². The minimum Gasteiger partial charge on any atom is -0.462 e. The van der Waals surface area contributed by atoms with Gasteiger partial charge in [-0.15, -0.1) is 0 Å². The largest absolute Gasteiger partial charge is 0.516 e. The Hall–Kier alpha value is -1.59. The van der Waals surface area contributed by atoms with Gasteiger partial charge in [-0.05, 0) is 12.8 Å². The van der Waals surface area contributed by atoms with E-state index in [1.807, 2.05) is 0 Å². The lowest BCUT2D eigenvalue weighted by atomic mass is 10.0. The van der Waals surface area contributed by atoms with Crippen LogP contribution in [0.4, 0.5) is 4.79 Å². The molecule has 0 heterocycles. The summed E-state index contributed by atoms with van der Waals surface area (Å²) in [5, 5.41) is 0. The van der Waals surface area contributed by atoms with Crippen molar-refractivity contribution in [3.8, 4) is 0 Å². The Kier molecular flexibility index (Phi) is 35.6. The van der Waals surface area contributed by atoms with Crippen LogP contribution < -0.4 is 0 Å². The summed E-state index contributed by atoms with van der Waals surface area (Å²) in [5.74, 6) is -0.828. The van der Waals surface area contributed by atoms with E-state index in [-0.39, 0.29) is 25.6 Å². The van der Waals surface area contributed by atoms with E-state index in [1.165, 1.54) is 154 Å². The zero-order chi connectivity index (χ0) is 32.9. The molecular weight excluding hydrogens is 564 g/mol. The fourth-order valence-corrected chi connectivity index (χ4v) is 5.81. The fourth-order valence-electron chi connectivity index (χ4n) is 5.81. The summed E-state index contributed by atoms with van der Waals surface area (Å²) >= 11 is 0. The fraction of sp³-hybridized carbons (Fsp3) is 0.923. The van der Waals surface area contributed by atoms with Crippen molar-refractivity contribution in [2.24, 2.45) is 0 Å². The van der Waals surface area contributed by atoms with Gasteiger partial charge in [0, 0.05) is 12.8 Å². The molecule has 0 aliphatic rings.